The van der Waals surface area contributed by atoms with Crippen molar-refractivity contribution in [3.8, 4) is 0 Å². The maximum atomic E-state index is 11.9. The molecule has 174 valence electrons. The lowest BCUT2D eigenvalue weighted by Gasteiger charge is -2.23. The predicted octanol–water partition coefficient (Wildman–Crippen LogP) is 5.18. The first kappa shape index (κ1) is 30.3. The number of hydrogen-bond acceptors (Lipinski definition) is 4. The summed E-state index contributed by atoms with van der Waals surface area (Å²) in [6.45, 7) is 14.1. The van der Waals surface area contributed by atoms with Gasteiger partial charge >= 0.3 is 0 Å². The summed E-state index contributed by atoms with van der Waals surface area (Å²) in [6, 6.07) is -0.161. The van der Waals surface area contributed by atoms with Gasteiger partial charge in [-0.3, -0.25) is 9.59 Å². The quantitative estimate of drug-likeness (QED) is 0.147. The van der Waals surface area contributed by atoms with Crippen molar-refractivity contribution in [3.63, 3.8) is 0 Å². The zero-order valence-corrected chi connectivity index (χ0v) is 20.5. The second-order valence-corrected chi connectivity index (χ2v) is 7.40. The molecule has 0 radical (unpaired) electrons. The third kappa shape index (κ3) is 15.0. The van der Waals surface area contributed by atoms with Crippen LogP contribution in [0.15, 0.2) is 35.1 Å². The van der Waals surface area contributed by atoms with Crippen LogP contribution >= 0.6 is 0 Å². The summed E-state index contributed by atoms with van der Waals surface area (Å²) in [7, 11) is 0. The number of amides is 1. The SMILES string of the molecule is CC.CC/C=C\C(C)=C/CC(NC(C)=O)/C(C=O)=C(/CN)NC(C)CCCCCC. The molecule has 5 heteroatoms. The van der Waals surface area contributed by atoms with Gasteiger partial charge in [-0.1, -0.05) is 77.2 Å². The highest BCUT2D eigenvalue weighted by atomic mass is 16.1. The molecule has 2 unspecified atom stereocenters. The van der Waals surface area contributed by atoms with Gasteiger partial charge in [0.15, 0.2) is 0 Å². The van der Waals surface area contributed by atoms with Crippen LogP contribution in [0.5, 0.6) is 0 Å². The second kappa shape index (κ2) is 20.4. The van der Waals surface area contributed by atoms with Crippen molar-refractivity contribution in [1.82, 2.24) is 10.6 Å². The Morgan fingerprint density at radius 2 is 1.73 bits per heavy atom. The van der Waals surface area contributed by atoms with Crippen LogP contribution in [0.25, 0.3) is 0 Å². The molecule has 4 N–H and O–H groups in total. The molecule has 0 heterocycles. The summed E-state index contributed by atoms with van der Waals surface area (Å²) >= 11 is 0. The second-order valence-electron chi connectivity index (χ2n) is 7.40. The summed E-state index contributed by atoms with van der Waals surface area (Å²) in [5.41, 5.74) is 8.30. The number of unbranched alkanes of at least 4 members (excludes halogenated alkanes) is 3. The van der Waals surface area contributed by atoms with E-state index in [4.69, 9.17) is 5.73 Å². The van der Waals surface area contributed by atoms with Crippen LogP contribution in [0.3, 0.4) is 0 Å². The highest BCUT2D eigenvalue weighted by Gasteiger charge is 2.19. The fraction of sp³-hybridized carbons (Fsp3) is 0.680. The maximum absolute atomic E-state index is 11.9. The summed E-state index contributed by atoms with van der Waals surface area (Å²) in [5.74, 6) is -0.163. The van der Waals surface area contributed by atoms with E-state index in [1.165, 1.54) is 26.2 Å². The van der Waals surface area contributed by atoms with E-state index in [2.05, 4.69) is 43.6 Å². The average molecular weight is 422 g/mol. The lowest BCUT2D eigenvalue weighted by molar-refractivity contribution is -0.119. The Kier molecular flexibility index (Phi) is 20.6. The van der Waals surface area contributed by atoms with Crippen molar-refractivity contribution in [2.24, 2.45) is 5.73 Å². The number of allylic oxidation sites excluding steroid dienone is 3. The first-order chi connectivity index (χ1) is 14.4. The molecule has 0 aromatic heterocycles. The molecule has 0 spiro atoms. The van der Waals surface area contributed by atoms with E-state index in [0.29, 0.717) is 17.7 Å². The van der Waals surface area contributed by atoms with Crippen LogP contribution in [-0.2, 0) is 9.59 Å². The minimum atomic E-state index is -0.390. The Morgan fingerprint density at radius 1 is 1.07 bits per heavy atom. The molecule has 2 atom stereocenters. The topological polar surface area (TPSA) is 84.2 Å². The van der Waals surface area contributed by atoms with Gasteiger partial charge in [0.2, 0.25) is 5.91 Å². The fourth-order valence-corrected chi connectivity index (χ4v) is 3.06. The molecule has 0 saturated carbocycles. The molecule has 0 aliphatic rings. The molecular formula is C25H47N3O2. The van der Waals surface area contributed by atoms with Gasteiger partial charge in [0.05, 0.1) is 6.04 Å². The van der Waals surface area contributed by atoms with Crippen LogP contribution in [0.4, 0.5) is 0 Å². The van der Waals surface area contributed by atoms with Crippen molar-refractivity contribution in [1.29, 1.82) is 0 Å². The van der Waals surface area contributed by atoms with Gasteiger partial charge in [-0.2, -0.15) is 0 Å². The first-order valence-corrected chi connectivity index (χ1v) is 11.6. The van der Waals surface area contributed by atoms with Crippen LogP contribution in [0.2, 0.25) is 0 Å². The molecule has 0 aliphatic carbocycles. The van der Waals surface area contributed by atoms with Crippen molar-refractivity contribution in [2.45, 2.75) is 105 Å². The van der Waals surface area contributed by atoms with E-state index < -0.39 is 6.04 Å². The van der Waals surface area contributed by atoms with Crippen molar-refractivity contribution >= 4 is 12.2 Å². The van der Waals surface area contributed by atoms with E-state index in [1.807, 2.05) is 26.8 Å². The van der Waals surface area contributed by atoms with Gasteiger partial charge in [-0.05, 0) is 33.1 Å². The molecule has 30 heavy (non-hydrogen) atoms. The number of carbonyl (C=O) groups excluding carboxylic acids is 2. The van der Waals surface area contributed by atoms with E-state index in [0.717, 1.165) is 31.1 Å². The number of nitrogens with one attached hydrogen (secondary N) is 2. The molecule has 1 amide bonds. The summed E-state index contributed by atoms with van der Waals surface area (Å²) in [4.78, 5) is 23.6. The monoisotopic (exact) mass is 421 g/mol. The standard InChI is InChI=1S/C23H41N3O2.C2H6/c1-6-8-10-11-13-19(4)25-23(16-24)21(17-27)22(26-20(5)28)15-14-18(3)12-9-7-2;1-2/h9,12,14,17,19,22,25H,6-8,10-11,13,15-16,24H2,1-5H3,(H,26,28);1-2H3/b12-9-,18-14-,23-21-;. The van der Waals surface area contributed by atoms with Crippen LogP contribution in [0.1, 0.15) is 93.4 Å². The number of carbonyl (C=O) groups is 2. The van der Waals surface area contributed by atoms with E-state index in [9.17, 15) is 9.59 Å². The summed E-state index contributed by atoms with van der Waals surface area (Å²) in [5, 5.41) is 6.31. The minimum Gasteiger partial charge on any atom is -0.384 e. The van der Waals surface area contributed by atoms with E-state index >= 15 is 0 Å². The average Bonchev–Trinajstić information content (AvgIpc) is 2.74. The van der Waals surface area contributed by atoms with Crippen LogP contribution in [0, 0.1) is 0 Å². The third-order valence-electron chi connectivity index (χ3n) is 4.64. The van der Waals surface area contributed by atoms with Crippen molar-refractivity contribution < 1.29 is 9.59 Å². The van der Waals surface area contributed by atoms with Crippen LogP contribution < -0.4 is 16.4 Å². The molecule has 0 fully saturated rings. The van der Waals surface area contributed by atoms with Gasteiger partial charge in [0.25, 0.3) is 0 Å². The van der Waals surface area contributed by atoms with Gasteiger partial charge in [0, 0.05) is 30.8 Å². The lowest BCUT2D eigenvalue weighted by atomic mass is 9.99. The fourth-order valence-electron chi connectivity index (χ4n) is 3.06. The Morgan fingerprint density at radius 3 is 2.23 bits per heavy atom. The molecule has 0 aliphatic heterocycles. The molecule has 0 aromatic rings. The maximum Gasteiger partial charge on any atom is 0.217 e. The molecule has 5 nitrogen and oxygen atoms in total. The van der Waals surface area contributed by atoms with Crippen molar-refractivity contribution in [3.05, 3.63) is 35.1 Å². The molecule has 0 saturated heterocycles. The van der Waals surface area contributed by atoms with E-state index in [-0.39, 0.29) is 18.5 Å². The molecule has 0 rings (SSSR count). The summed E-state index contributed by atoms with van der Waals surface area (Å²) < 4.78 is 0. The zero-order chi connectivity index (χ0) is 23.4. The van der Waals surface area contributed by atoms with Gasteiger partial charge in [0.1, 0.15) is 6.29 Å². The molecule has 0 bridgehead atoms. The van der Waals surface area contributed by atoms with Gasteiger partial charge in [-0.15, -0.1) is 0 Å². The van der Waals surface area contributed by atoms with Crippen LogP contribution in [-0.4, -0.2) is 30.8 Å². The summed E-state index contributed by atoms with van der Waals surface area (Å²) in [6.07, 6.45) is 14.4. The van der Waals surface area contributed by atoms with E-state index in [1.54, 1.807) is 0 Å². The highest BCUT2D eigenvalue weighted by Crippen LogP contribution is 2.13. The highest BCUT2D eigenvalue weighted by molar-refractivity contribution is 5.80. The molecular weight excluding hydrogens is 374 g/mol. The predicted molar refractivity (Wildman–Crippen MR) is 130 cm³/mol. The van der Waals surface area contributed by atoms with Crippen molar-refractivity contribution in [2.75, 3.05) is 6.54 Å². The number of hydrogen-bond donors (Lipinski definition) is 3. The smallest absolute Gasteiger partial charge is 0.217 e. The molecule has 0 aromatic carbocycles. The number of nitrogens with two attached hydrogens (primary N) is 1. The Balaban J connectivity index is 0. The minimum absolute atomic E-state index is 0.163. The Hall–Kier alpha value is -1.88. The third-order valence-corrected chi connectivity index (χ3v) is 4.64. The largest absolute Gasteiger partial charge is 0.384 e. The normalized spacial score (nSPS) is 14.3. The Labute approximate surface area is 185 Å². The lowest BCUT2D eigenvalue weighted by Crippen LogP contribution is -2.39. The van der Waals surface area contributed by atoms with Gasteiger partial charge < -0.3 is 16.4 Å². The van der Waals surface area contributed by atoms with Gasteiger partial charge in [-0.25, -0.2) is 0 Å². The number of aldehydes is 1. The zero-order valence-electron chi connectivity index (χ0n) is 20.5. The first-order valence-electron chi connectivity index (χ1n) is 11.6. The number of rotatable bonds is 15. The Bertz CT molecular complexity index is 551.